The number of hydrogen-bond donors (Lipinski definition) is 2. The van der Waals surface area contributed by atoms with E-state index in [0.29, 0.717) is 53.3 Å². The first-order valence-electron chi connectivity index (χ1n) is 13.8. The van der Waals surface area contributed by atoms with E-state index in [1.54, 1.807) is 27.4 Å². The maximum Gasteiger partial charge on any atom is 0.231 e. The van der Waals surface area contributed by atoms with Crippen molar-refractivity contribution in [2.45, 2.75) is 25.9 Å². The van der Waals surface area contributed by atoms with Crippen LogP contribution in [0.25, 0.3) is 0 Å². The Morgan fingerprint density at radius 1 is 0.950 bits per heavy atom. The molecule has 1 saturated heterocycles. The first-order chi connectivity index (χ1) is 19.3. The Labute approximate surface area is 235 Å². The average Bonchev–Trinajstić information content (AvgIpc) is 3.42. The molecule has 4 atom stereocenters. The van der Waals surface area contributed by atoms with Gasteiger partial charge in [-0.05, 0) is 46.9 Å². The van der Waals surface area contributed by atoms with Crippen molar-refractivity contribution in [2.75, 3.05) is 67.5 Å². The van der Waals surface area contributed by atoms with Gasteiger partial charge in [-0.2, -0.15) is 0 Å². The molecule has 4 unspecified atom stereocenters. The monoisotopic (exact) mass is 556 g/mol. The molecule has 1 aliphatic carbocycles. The second-order valence-electron chi connectivity index (χ2n) is 11.1. The zero-order chi connectivity index (χ0) is 28.6. The summed E-state index contributed by atoms with van der Waals surface area (Å²) in [6.45, 7) is 7.83. The summed E-state index contributed by atoms with van der Waals surface area (Å²) in [5.41, 5.74) is 2.09. The Kier molecular flexibility index (Phi) is 8.30. The third-order valence-corrected chi connectivity index (χ3v) is 8.31. The number of benzene rings is 2. The number of carbonyl (C=O) groups excluding carboxylic acids is 1. The molecule has 3 aliphatic rings. The molecule has 2 N–H and O–H groups in total. The molecule has 0 radical (unpaired) electrons. The molecular weight excluding hydrogens is 516 g/mol. The lowest BCUT2D eigenvalue weighted by Gasteiger charge is -2.45. The van der Waals surface area contributed by atoms with Crippen LogP contribution in [0.2, 0.25) is 0 Å². The molecule has 0 bridgehead atoms. The second kappa shape index (κ2) is 11.7. The highest BCUT2D eigenvalue weighted by Crippen LogP contribution is 2.54. The number of methoxy groups -OCH3 is 3. The van der Waals surface area contributed by atoms with Gasteiger partial charge in [-0.1, -0.05) is 13.8 Å². The Bertz CT molecular complexity index is 1200. The van der Waals surface area contributed by atoms with Gasteiger partial charge in [0.1, 0.15) is 0 Å². The van der Waals surface area contributed by atoms with Crippen LogP contribution < -0.4 is 23.7 Å². The highest BCUT2D eigenvalue weighted by molar-refractivity contribution is 5.82. The Morgan fingerprint density at radius 3 is 2.08 bits per heavy atom. The molecule has 40 heavy (non-hydrogen) atoms. The summed E-state index contributed by atoms with van der Waals surface area (Å²) >= 11 is 0. The smallest absolute Gasteiger partial charge is 0.231 e. The number of aliphatic hydroxyl groups is 2. The van der Waals surface area contributed by atoms with E-state index in [0.717, 1.165) is 30.8 Å². The van der Waals surface area contributed by atoms with Crippen molar-refractivity contribution >= 4 is 5.91 Å². The van der Waals surface area contributed by atoms with Gasteiger partial charge in [-0.15, -0.1) is 0 Å². The van der Waals surface area contributed by atoms with Crippen molar-refractivity contribution in [3.8, 4) is 28.7 Å². The van der Waals surface area contributed by atoms with Gasteiger partial charge in [0.05, 0.1) is 33.4 Å². The van der Waals surface area contributed by atoms with E-state index >= 15 is 0 Å². The van der Waals surface area contributed by atoms with Crippen molar-refractivity contribution in [2.24, 2.45) is 17.8 Å². The molecule has 218 valence electrons. The fourth-order valence-corrected chi connectivity index (χ4v) is 6.45. The third kappa shape index (κ3) is 5.04. The van der Waals surface area contributed by atoms with Crippen LogP contribution in [0.5, 0.6) is 28.7 Å². The number of hydrogen-bond acceptors (Lipinski definition) is 9. The predicted octanol–water partition coefficient (Wildman–Crippen LogP) is 2.64. The summed E-state index contributed by atoms with van der Waals surface area (Å²) in [6, 6.07) is 7.30. The fraction of sp³-hybridized carbons (Fsp3) is 0.567. The van der Waals surface area contributed by atoms with Crippen molar-refractivity contribution in [1.82, 2.24) is 9.80 Å². The van der Waals surface area contributed by atoms with Crippen molar-refractivity contribution in [3.05, 3.63) is 41.0 Å². The van der Waals surface area contributed by atoms with E-state index in [9.17, 15) is 15.0 Å². The van der Waals surface area contributed by atoms with E-state index < -0.39 is 23.9 Å². The average molecular weight is 557 g/mol. The van der Waals surface area contributed by atoms with E-state index in [2.05, 4.69) is 18.7 Å². The lowest BCUT2D eigenvalue weighted by Crippen LogP contribution is -2.54. The quantitative estimate of drug-likeness (QED) is 0.507. The maximum absolute atomic E-state index is 14.4. The van der Waals surface area contributed by atoms with E-state index in [1.165, 1.54) is 0 Å². The minimum Gasteiger partial charge on any atom is -0.493 e. The second-order valence-corrected chi connectivity index (χ2v) is 11.1. The molecule has 2 aliphatic heterocycles. The van der Waals surface area contributed by atoms with Gasteiger partial charge in [-0.3, -0.25) is 9.69 Å². The first kappa shape index (κ1) is 28.3. The number of piperazine rings is 1. The van der Waals surface area contributed by atoms with Gasteiger partial charge in [0.25, 0.3) is 0 Å². The van der Waals surface area contributed by atoms with Gasteiger partial charge in [-0.25, -0.2) is 0 Å². The number of ether oxygens (including phenoxy) is 5. The molecule has 2 heterocycles. The lowest BCUT2D eigenvalue weighted by atomic mass is 9.64. The maximum atomic E-state index is 14.4. The normalized spacial score (nSPS) is 24.1. The molecule has 1 amide bonds. The van der Waals surface area contributed by atoms with Crippen LogP contribution in [0.4, 0.5) is 0 Å². The molecule has 0 saturated carbocycles. The highest BCUT2D eigenvalue weighted by atomic mass is 16.7. The van der Waals surface area contributed by atoms with Crippen LogP contribution in [-0.2, 0) is 4.79 Å². The van der Waals surface area contributed by atoms with Crippen molar-refractivity contribution < 1.29 is 38.7 Å². The Morgan fingerprint density at radius 2 is 1.55 bits per heavy atom. The molecule has 0 aromatic heterocycles. The van der Waals surface area contributed by atoms with Crippen molar-refractivity contribution in [1.29, 1.82) is 0 Å². The molecule has 2 aromatic rings. The predicted molar refractivity (Wildman–Crippen MR) is 147 cm³/mol. The topological polar surface area (TPSA) is 110 Å². The van der Waals surface area contributed by atoms with Crippen LogP contribution in [-0.4, -0.2) is 93.4 Å². The van der Waals surface area contributed by atoms with Gasteiger partial charge in [0.15, 0.2) is 23.0 Å². The largest absolute Gasteiger partial charge is 0.493 e. The molecule has 0 spiro atoms. The SMILES string of the molecule is COc1cc(C2c3cc4c(cc3C(O)C(CO)C2C(=O)N2CCN(CC(C)C)CC2)OCO4)cc(OC)c1OC. The molecule has 10 nitrogen and oxygen atoms in total. The van der Waals surface area contributed by atoms with Crippen LogP contribution in [0.15, 0.2) is 24.3 Å². The van der Waals surface area contributed by atoms with Gasteiger partial charge >= 0.3 is 0 Å². The molecule has 2 aromatic carbocycles. The summed E-state index contributed by atoms with van der Waals surface area (Å²) in [4.78, 5) is 18.6. The minimum absolute atomic E-state index is 0.0790. The first-order valence-corrected chi connectivity index (χ1v) is 13.8. The number of carbonyl (C=O) groups is 1. The molecular formula is C30H40N2O8. The van der Waals surface area contributed by atoms with Gasteiger partial charge in [0.2, 0.25) is 18.4 Å². The molecule has 1 fully saturated rings. The molecule has 5 rings (SSSR count). The number of fused-ring (bicyclic) bond motifs is 2. The number of nitrogens with zero attached hydrogens (tertiary/aromatic N) is 2. The standard InChI is InChI=1S/C30H40N2O8/c1-17(2)14-31-6-8-32(9-7-31)30(35)27-21(15-33)28(34)20-13-23-22(39-16-40-23)12-19(20)26(27)18-10-24(36-3)29(38-5)25(11-18)37-4/h10-13,17,21,26-28,33-34H,6-9,14-16H2,1-5H3. The summed E-state index contributed by atoms with van der Waals surface area (Å²) in [5.74, 6) is 0.888. The number of rotatable bonds is 8. The summed E-state index contributed by atoms with van der Waals surface area (Å²) < 4.78 is 28.2. The molecule has 10 heteroatoms. The number of amides is 1. The third-order valence-electron chi connectivity index (χ3n) is 8.31. The van der Waals surface area contributed by atoms with Gasteiger partial charge in [0, 0.05) is 51.2 Å². The van der Waals surface area contributed by atoms with E-state index in [-0.39, 0.29) is 19.3 Å². The zero-order valence-electron chi connectivity index (χ0n) is 23.9. The fourth-order valence-electron chi connectivity index (χ4n) is 6.45. The lowest BCUT2D eigenvalue weighted by molar-refractivity contribution is -0.143. The van der Waals surface area contributed by atoms with Crippen LogP contribution in [0.1, 0.15) is 42.6 Å². The Balaban J connectivity index is 1.62. The van der Waals surface area contributed by atoms with E-state index in [1.807, 2.05) is 23.1 Å². The summed E-state index contributed by atoms with van der Waals surface area (Å²) in [6.07, 6.45) is -1.07. The van der Waals surface area contributed by atoms with Crippen LogP contribution >= 0.6 is 0 Å². The Hall–Kier alpha value is -3.21. The van der Waals surface area contributed by atoms with Crippen LogP contribution in [0.3, 0.4) is 0 Å². The van der Waals surface area contributed by atoms with Crippen molar-refractivity contribution in [3.63, 3.8) is 0 Å². The van der Waals surface area contributed by atoms with Crippen LogP contribution in [0, 0.1) is 17.8 Å². The minimum atomic E-state index is -1.07. The van der Waals surface area contributed by atoms with E-state index in [4.69, 9.17) is 23.7 Å². The van der Waals surface area contributed by atoms with Gasteiger partial charge < -0.3 is 38.8 Å². The summed E-state index contributed by atoms with van der Waals surface area (Å²) in [5, 5.41) is 22.2. The number of aliphatic hydroxyl groups excluding tert-OH is 2. The highest BCUT2D eigenvalue weighted by Gasteiger charge is 2.49. The summed E-state index contributed by atoms with van der Waals surface area (Å²) in [7, 11) is 4.64. The zero-order valence-corrected chi connectivity index (χ0v) is 23.9.